The number of carbonyl (C=O) groups is 2. The first-order valence-electron chi connectivity index (χ1n) is 8.50. The Morgan fingerprint density at radius 3 is 2.33 bits per heavy atom. The third-order valence-electron chi connectivity index (χ3n) is 4.48. The lowest BCUT2D eigenvalue weighted by Crippen LogP contribution is -2.45. The normalized spacial score (nSPS) is 15.9. The Morgan fingerprint density at radius 2 is 1.63 bits per heavy atom. The van der Waals surface area contributed by atoms with Crippen molar-refractivity contribution in [1.29, 1.82) is 0 Å². The number of amides is 2. The Labute approximate surface area is 165 Å². The molecule has 3 aromatic carbocycles. The molecule has 1 heterocycles. The van der Waals surface area contributed by atoms with Crippen LogP contribution in [-0.2, 0) is 0 Å². The van der Waals surface area contributed by atoms with E-state index in [1.165, 1.54) is 4.90 Å². The minimum absolute atomic E-state index is 0.365. The molecular formula is C22H16BrNO3. The van der Waals surface area contributed by atoms with E-state index in [2.05, 4.69) is 15.9 Å². The van der Waals surface area contributed by atoms with Crippen LogP contribution < -0.4 is 4.74 Å². The van der Waals surface area contributed by atoms with Crippen LogP contribution in [0.3, 0.4) is 0 Å². The fraction of sp³-hybridized carbons (Fsp3) is 0.0909. The van der Waals surface area contributed by atoms with Gasteiger partial charge in [-0.2, -0.15) is 0 Å². The first kappa shape index (κ1) is 17.5. The van der Waals surface area contributed by atoms with Gasteiger partial charge in [-0.15, -0.1) is 0 Å². The number of fused-ring (bicyclic) bond motifs is 1. The van der Waals surface area contributed by atoms with Gasteiger partial charge in [0.15, 0.2) is 0 Å². The van der Waals surface area contributed by atoms with Crippen molar-refractivity contribution in [2.45, 2.75) is 13.2 Å². The van der Waals surface area contributed by atoms with Crippen molar-refractivity contribution in [2.24, 2.45) is 0 Å². The SMILES string of the molecule is Cc1ccc(C(=O)N2C(=O)c3ccccc3O[C@@H]2c2ccc(Br)cc2)cc1. The fourth-order valence-corrected chi connectivity index (χ4v) is 3.30. The summed E-state index contributed by atoms with van der Waals surface area (Å²) in [6, 6.07) is 21.5. The molecule has 4 nitrogen and oxygen atoms in total. The number of para-hydroxylation sites is 1. The predicted molar refractivity (Wildman–Crippen MR) is 106 cm³/mol. The maximum Gasteiger partial charge on any atom is 0.267 e. The number of benzene rings is 3. The average molecular weight is 422 g/mol. The Balaban J connectivity index is 1.81. The number of halogens is 1. The van der Waals surface area contributed by atoms with Crippen LogP contribution >= 0.6 is 15.9 Å². The van der Waals surface area contributed by atoms with E-state index in [-0.39, 0.29) is 11.8 Å². The Kier molecular flexibility index (Phi) is 4.54. The summed E-state index contributed by atoms with van der Waals surface area (Å²) < 4.78 is 6.98. The van der Waals surface area contributed by atoms with E-state index in [1.54, 1.807) is 30.3 Å². The van der Waals surface area contributed by atoms with Gasteiger partial charge in [0.05, 0.1) is 5.56 Å². The summed E-state index contributed by atoms with van der Waals surface area (Å²) in [7, 11) is 0. The van der Waals surface area contributed by atoms with E-state index >= 15 is 0 Å². The molecule has 0 radical (unpaired) electrons. The van der Waals surface area contributed by atoms with Crippen molar-refractivity contribution < 1.29 is 14.3 Å². The Bertz CT molecular complexity index is 1010. The highest BCUT2D eigenvalue weighted by molar-refractivity contribution is 9.10. The number of imide groups is 1. The average Bonchev–Trinajstić information content (AvgIpc) is 2.69. The van der Waals surface area contributed by atoms with E-state index < -0.39 is 6.23 Å². The molecule has 2 amide bonds. The molecule has 3 aromatic rings. The molecule has 0 spiro atoms. The van der Waals surface area contributed by atoms with Gasteiger partial charge in [0, 0.05) is 15.6 Å². The van der Waals surface area contributed by atoms with Crippen molar-refractivity contribution in [3.05, 3.63) is 99.5 Å². The molecule has 4 rings (SSSR count). The second-order valence-electron chi connectivity index (χ2n) is 6.36. The van der Waals surface area contributed by atoms with Gasteiger partial charge in [0.1, 0.15) is 5.75 Å². The molecule has 0 bridgehead atoms. The summed E-state index contributed by atoms with van der Waals surface area (Å²) in [5, 5.41) is 0. The van der Waals surface area contributed by atoms with Gasteiger partial charge in [-0.05, 0) is 43.3 Å². The van der Waals surface area contributed by atoms with E-state index in [1.807, 2.05) is 49.4 Å². The lowest BCUT2D eigenvalue weighted by Gasteiger charge is -2.35. The molecule has 1 atom stereocenters. The highest BCUT2D eigenvalue weighted by atomic mass is 79.9. The number of ether oxygens (including phenoxy) is 1. The second-order valence-corrected chi connectivity index (χ2v) is 7.28. The molecule has 27 heavy (non-hydrogen) atoms. The minimum atomic E-state index is -0.825. The van der Waals surface area contributed by atoms with Gasteiger partial charge in [-0.3, -0.25) is 9.59 Å². The Morgan fingerprint density at radius 1 is 0.963 bits per heavy atom. The van der Waals surface area contributed by atoms with Crippen LogP contribution in [0.4, 0.5) is 0 Å². The molecule has 0 fully saturated rings. The standard InChI is InChI=1S/C22H16BrNO3/c1-14-6-8-15(9-7-14)20(25)24-21(26)18-4-2-3-5-19(18)27-22(24)16-10-12-17(23)13-11-16/h2-13,22H,1H3/t22-/m1/s1. The number of hydrogen-bond donors (Lipinski definition) is 0. The van der Waals surface area contributed by atoms with Crippen molar-refractivity contribution in [2.75, 3.05) is 0 Å². The van der Waals surface area contributed by atoms with Crippen LogP contribution in [0.5, 0.6) is 5.75 Å². The number of carbonyl (C=O) groups excluding carboxylic acids is 2. The largest absolute Gasteiger partial charge is 0.465 e. The highest BCUT2D eigenvalue weighted by Gasteiger charge is 2.39. The van der Waals surface area contributed by atoms with Crippen LogP contribution in [-0.4, -0.2) is 16.7 Å². The van der Waals surface area contributed by atoms with Crippen LogP contribution in [0.2, 0.25) is 0 Å². The van der Waals surface area contributed by atoms with E-state index in [4.69, 9.17) is 4.74 Å². The topological polar surface area (TPSA) is 46.6 Å². The number of nitrogens with zero attached hydrogens (tertiary/aromatic N) is 1. The Hall–Kier alpha value is -2.92. The zero-order valence-electron chi connectivity index (χ0n) is 14.6. The molecule has 0 saturated carbocycles. The monoisotopic (exact) mass is 421 g/mol. The van der Waals surface area contributed by atoms with Crippen LogP contribution in [0, 0.1) is 6.92 Å². The van der Waals surface area contributed by atoms with E-state index in [0.717, 1.165) is 15.6 Å². The summed E-state index contributed by atoms with van der Waals surface area (Å²) >= 11 is 3.41. The number of rotatable bonds is 2. The fourth-order valence-electron chi connectivity index (χ4n) is 3.03. The van der Waals surface area contributed by atoms with Gasteiger partial charge < -0.3 is 4.74 Å². The van der Waals surface area contributed by atoms with Crippen molar-refractivity contribution in [3.63, 3.8) is 0 Å². The van der Waals surface area contributed by atoms with Crippen molar-refractivity contribution in [3.8, 4) is 5.75 Å². The molecule has 5 heteroatoms. The molecule has 0 aliphatic carbocycles. The zero-order chi connectivity index (χ0) is 19.0. The molecular weight excluding hydrogens is 406 g/mol. The summed E-state index contributed by atoms with van der Waals surface area (Å²) in [5.41, 5.74) is 2.59. The summed E-state index contributed by atoms with van der Waals surface area (Å²) in [6.07, 6.45) is -0.825. The summed E-state index contributed by atoms with van der Waals surface area (Å²) in [6.45, 7) is 1.95. The molecule has 134 valence electrons. The second kappa shape index (κ2) is 7.00. The molecule has 0 unspecified atom stereocenters. The van der Waals surface area contributed by atoms with Crippen LogP contribution in [0.15, 0.2) is 77.3 Å². The molecule has 0 N–H and O–H groups in total. The first-order valence-corrected chi connectivity index (χ1v) is 9.29. The predicted octanol–water partition coefficient (Wildman–Crippen LogP) is 5.13. The number of aryl methyl sites for hydroxylation is 1. The maximum absolute atomic E-state index is 13.2. The zero-order valence-corrected chi connectivity index (χ0v) is 16.1. The lowest BCUT2D eigenvalue weighted by molar-refractivity contribution is 0.0107. The molecule has 0 aromatic heterocycles. The van der Waals surface area contributed by atoms with Gasteiger partial charge >= 0.3 is 0 Å². The van der Waals surface area contributed by atoms with Crippen molar-refractivity contribution in [1.82, 2.24) is 4.90 Å². The van der Waals surface area contributed by atoms with Gasteiger partial charge in [0.2, 0.25) is 6.23 Å². The number of hydrogen-bond acceptors (Lipinski definition) is 3. The van der Waals surface area contributed by atoms with E-state index in [9.17, 15) is 9.59 Å². The molecule has 1 aliphatic rings. The van der Waals surface area contributed by atoms with E-state index in [0.29, 0.717) is 16.9 Å². The maximum atomic E-state index is 13.2. The van der Waals surface area contributed by atoms with Gasteiger partial charge in [-0.1, -0.05) is 57.9 Å². The lowest BCUT2D eigenvalue weighted by atomic mass is 10.0. The molecule has 1 aliphatic heterocycles. The van der Waals surface area contributed by atoms with Crippen molar-refractivity contribution >= 4 is 27.7 Å². The third kappa shape index (κ3) is 3.26. The van der Waals surface area contributed by atoms with Gasteiger partial charge in [-0.25, -0.2) is 4.90 Å². The first-order chi connectivity index (χ1) is 13.0. The molecule has 0 saturated heterocycles. The highest BCUT2D eigenvalue weighted by Crippen LogP contribution is 2.36. The summed E-state index contributed by atoms with van der Waals surface area (Å²) in [4.78, 5) is 27.6. The van der Waals surface area contributed by atoms with Crippen LogP contribution in [0.1, 0.15) is 38.1 Å². The minimum Gasteiger partial charge on any atom is -0.465 e. The van der Waals surface area contributed by atoms with Crippen LogP contribution in [0.25, 0.3) is 0 Å². The van der Waals surface area contributed by atoms with Gasteiger partial charge in [0.25, 0.3) is 11.8 Å². The quantitative estimate of drug-likeness (QED) is 0.538. The third-order valence-corrected chi connectivity index (χ3v) is 5.01. The smallest absolute Gasteiger partial charge is 0.267 e. The summed E-state index contributed by atoms with van der Waals surface area (Å²) in [5.74, 6) is -0.277.